The van der Waals surface area contributed by atoms with Gasteiger partial charge >= 0.3 is 5.97 Å². The second kappa shape index (κ2) is 5.03. The first-order chi connectivity index (χ1) is 7.86. The monoisotopic (exact) mass is 240 g/mol. The lowest BCUT2D eigenvalue weighted by atomic mass is 9.90. The fourth-order valence-electron chi connectivity index (χ4n) is 1.63. The van der Waals surface area contributed by atoms with Gasteiger partial charge in [0.25, 0.3) is 0 Å². The lowest BCUT2D eigenvalue weighted by Crippen LogP contribution is -2.50. The van der Waals surface area contributed by atoms with Crippen LogP contribution in [-0.2, 0) is 11.2 Å². The van der Waals surface area contributed by atoms with Crippen molar-refractivity contribution < 1.29 is 20.1 Å². The largest absolute Gasteiger partial charge is 0.504 e. The number of hydrazine groups is 1. The second-order valence-corrected chi connectivity index (χ2v) is 4.28. The Balaban J connectivity index is 2.86. The number of phenols is 2. The predicted molar refractivity (Wildman–Crippen MR) is 61.5 cm³/mol. The number of nitrogens with two attached hydrogens (primary N) is 1. The van der Waals surface area contributed by atoms with Gasteiger partial charge in [0, 0.05) is 5.54 Å². The Morgan fingerprint density at radius 1 is 1.41 bits per heavy atom. The number of benzene rings is 1. The third-order valence-corrected chi connectivity index (χ3v) is 2.52. The van der Waals surface area contributed by atoms with E-state index >= 15 is 0 Å². The van der Waals surface area contributed by atoms with Gasteiger partial charge in [0.2, 0.25) is 0 Å². The van der Waals surface area contributed by atoms with Crippen LogP contribution >= 0.6 is 0 Å². The standard InChI is InChI=1S/C11H16N2O4/c1-11(13-12,6-10(16)17)5-7-2-3-8(14)9(15)4-7/h2-4,13-15H,5-6,12H2,1H3,(H,16,17)/t11-/m0/s1. The summed E-state index contributed by atoms with van der Waals surface area (Å²) in [7, 11) is 0. The summed E-state index contributed by atoms with van der Waals surface area (Å²) >= 11 is 0. The molecular formula is C11H16N2O4. The molecule has 0 aliphatic carbocycles. The molecule has 1 atom stereocenters. The molecule has 0 heterocycles. The maximum absolute atomic E-state index is 10.7. The van der Waals surface area contributed by atoms with Crippen molar-refractivity contribution in [2.75, 3.05) is 0 Å². The molecule has 0 saturated heterocycles. The van der Waals surface area contributed by atoms with Crippen LogP contribution in [0.4, 0.5) is 0 Å². The number of hydrogen-bond donors (Lipinski definition) is 5. The highest BCUT2D eigenvalue weighted by molar-refractivity contribution is 5.68. The second-order valence-electron chi connectivity index (χ2n) is 4.28. The summed E-state index contributed by atoms with van der Waals surface area (Å²) in [5.41, 5.74) is 2.34. The molecule has 0 radical (unpaired) electrons. The highest BCUT2D eigenvalue weighted by Gasteiger charge is 2.26. The lowest BCUT2D eigenvalue weighted by Gasteiger charge is -2.27. The highest BCUT2D eigenvalue weighted by atomic mass is 16.4. The molecule has 0 aliphatic rings. The molecule has 0 aliphatic heterocycles. The first-order valence-corrected chi connectivity index (χ1v) is 5.07. The van der Waals surface area contributed by atoms with E-state index in [0.29, 0.717) is 12.0 Å². The maximum atomic E-state index is 10.7. The summed E-state index contributed by atoms with van der Waals surface area (Å²) < 4.78 is 0. The Hall–Kier alpha value is -1.79. The van der Waals surface area contributed by atoms with E-state index in [2.05, 4.69) is 5.43 Å². The van der Waals surface area contributed by atoms with Crippen molar-refractivity contribution in [2.24, 2.45) is 5.84 Å². The van der Waals surface area contributed by atoms with Gasteiger partial charge in [-0.25, -0.2) is 0 Å². The molecular weight excluding hydrogens is 224 g/mol. The number of aromatic hydroxyl groups is 2. The van der Waals surface area contributed by atoms with Crippen LogP contribution in [-0.4, -0.2) is 26.8 Å². The summed E-state index contributed by atoms with van der Waals surface area (Å²) in [6.45, 7) is 1.67. The molecule has 0 bridgehead atoms. The van der Waals surface area contributed by atoms with Crippen molar-refractivity contribution in [3.05, 3.63) is 23.8 Å². The SMILES string of the molecule is C[C@@](CC(=O)O)(Cc1ccc(O)c(O)c1)NN. The Bertz CT molecular complexity index is 422. The molecule has 1 aromatic rings. The van der Waals surface area contributed by atoms with E-state index in [1.165, 1.54) is 12.1 Å². The third-order valence-electron chi connectivity index (χ3n) is 2.52. The Kier molecular flexibility index (Phi) is 3.93. The summed E-state index contributed by atoms with van der Waals surface area (Å²) in [6, 6.07) is 4.33. The molecule has 17 heavy (non-hydrogen) atoms. The molecule has 6 nitrogen and oxygen atoms in total. The van der Waals surface area contributed by atoms with Gasteiger partial charge in [-0.1, -0.05) is 6.07 Å². The van der Waals surface area contributed by atoms with E-state index in [1.54, 1.807) is 13.0 Å². The minimum absolute atomic E-state index is 0.148. The van der Waals surface area contributed by atoms with Gasteiger partial charge in [0.05, 0.1) is 6.42 Å². The molecule has 0 amide bonds. The summed E-state index contributed by atoms with van der Waals surface area (Å²) in [5.74, 6) is 3.93. The van der Waals surface area contributed by atoms with Gasteiger partial charge in [-0.15, -0.1) is 0 Å². The van der Waals surface area contributed by atoms with Crippen molar-refractivity contribution in [1.82, 2.24) is 5.43 Å². The lowest BCUT2D eigenvalue weighted by molar-refractivity contribution is -0.138. The van der Waals surface area contributed by atoms with Crippen molar-refractivity contribution in [3.63, 3.8) is 0 Å². The molecule has 0 saturated carbocycles. The molecule has 0 unspecified atom stereocenters. The number of aliphatic carboxylic acids is 1. The van der Waals surface area contributed by atoms with Gasteiger partial charge in [0.15, 0.2) is 11.5 Å². The van der Waals surface area contributed by atoms with Crippen LogP contribution in [0.25, 0.3) is 0 Å². The molecule has 1 aromatic carbocycles. The van der Waals surface area contributed by atoms with Crippen molar-refractivity contribution in [2.45, 2.75) is 25.3 Å². The van der Waals surface area contributed by atoms with Crippen LogP contribution in [0.3, 0.4) is 0 Å². The number of rotatable bonds is 5. The maximum Gasteiger partial charge on any atom is 0.305 e. The van der Waals surface area contributed by atoms with E-state index in [4.69, 9.17) is 16.1 Å². The topological polar surface area (TPSA) is 116 Å². The van der Waals surface area contributed by atoms with Crippen molar-refractivity contribution in [1.29, 1.82) is 0 Å². The van der Waals surface area contributed by atoms with Crippen LogP contribution in [0.5, 0.6) is 11.5 Å². The summed E-state index contributed by atoms with van der Waals surface area (Å²) in [5, 5.41) is 27.3. The fraction of sp³-hybridized carbons (Fsp3) is 0.364. The van der Waals surface area contributed by atoms with Gasteiger partial charge in [0.1, 0.15) is 0 Å². The minimum Gasteiger partial charge on any atom is -0.504 e. The Morgan fingerprint density at radius 2 is 2.06 bits per heavy atom. The van der Waals surface area contributed by atoms with Gasteiger partial charge in [-0.3, -0.25) is 16.1 Å². The molecule has 0 fully saturated rings. The normalized spacial score (nSPS) is 14.2. The first-order valence-electron chi connectivity index (χ1n) is 5.07. The van der Waals surface area contributed by atoms with Crippen LogP contribution in [0, 0.1) is 0 Å². The van der Waals surface area contributed by atoms with Gasteiger partial charge < -0.3 is 15.3 Å². The molecule has 94 valence electrons. The van der Waals surface area contributed by atoms with E-state index in [0.717, 1.165) is 0 Å². The zero-order valence-electron chi connectivity index (χ0n) is 9.47. The van der Waals surface area contributed by atoms with Crippen LogP contribution < -0.4 is 11.3 Å². The Morgan fingerprint density at radius 3 is 2.53 bits per heavy atom. The van der Waals surface area contributed by atoms with Crippen LogP contribution in [0.15, 0.2) is 18.2 Å². The van der Waals surface area contributed by atoms with Gasteiger partial charge in [-0.05, 0) is 31.0 Å². The average molecular weight is 240 g/mol. The summed E-state index contributed by atoms with van der Waals surface area (Å²) in [4.78, 5) is 10.7. The predicted octanol–water partition coefficient (Wildman–Crippen LogP) is 0.337. The fourth-order valence-corrected chi connectivity index (χ4v) is 1.63. The van der Waals surface area contributed by atoms with E-state index in [1.807, 2.05) is 0 Å². The van der Waals surface area contributed by atoms with Crippen LogP contribution in [0.1, 0.15) is 18.9 Å². The van der Waals surface area contributed by atoms with E-state index in [9.17, 15) is 9.90 Å². The number of carboxylic acids is 1. The number of carbonyl (C=O) groups is 1. The molecule has 0 aromatic heterocycles. The van der Waals surface area contributed by atoms with E-state index < -0.39 is 11.5 Å². The Labute approximate surface area is 98.7 Å². The number of hydrogen-bond acceptors (Lipinski definition) is 5. The van der Waals surface area contributed by atoms with Crippen molar-refractivity contribution >= 4 is 5.97 Å². The average Bonchev–Trinajstić information content (AvgIpc) is 2.22. The number of carboxylic acid groups (broad SMARTS) is 1. The van der Waals surface area contributed by atoms with E-state index in [-0.39, 0.29) is 17.9 Å². The number of nitrogens with one attached hydrogen (secondary N) is 1. The minimum atomic E-state index is -0.964. The smallest absolute Gasteiger partial charge is 0.305 e. The zero-order valence-corrected chi connectivity index (χ0v) is 9.47. The molecule has 6 N–H and O–H groups in total. The molecule has 1 rings (SSSR count). The van der Waals surface area contributed by atoms with Gasteiger partial charge in [-0.2, -0.15) is 0 Å². The first kappa shape index (κ1) is 13.3. The molecule has 6 heteroatoms. The van der Waals surface area contributed by atoms with Crippen molar-refractivity contribution in [3.8, 4) is 11.5 Å². The number of phenolic OH excluding ortho intramolecular Hbond substituents is 2. The third kappa shape index (κ3) is 3.61. The van der Waals surface area contributed by atoms with Crippen LogP contribution in [0.2, 0.25) is 0 Å². The summed E-state index contributed by atoms with van der Waals surface area (Å²) in [6.07, 6.45) is 0.175. The zero-order chi connectivity index (χ0) is 13.1. The highest BCUT2D eigenvalue weighted by Crippen LogP contribution is 2.27. The molecule has 0 spiro atoms. The quantitative estimate of drug-likeness (QED) is 0.288.